The molecule has 0 radical (unpaired) electrons. The van der Waals surface area contributed by atoms with E-state index in [0.717, 1.165) is 16.8 Å². The summed E-state index contributed by atoms with van der Waals surface area (Å²) < 4.78 is 10.6. The van der Waals surface area contributed by atoms with Gasteiger partial charge < -0.3 is 9.15 Å². The van der Waals surface area contributed by atoms with Crippen LogP contribution in [0.2, 0.25) is 5.02 Å². The number of benzene rings is 2. The van der Waals surface area contributed by atoms with Crippen molar-refractivity contribution < 1.29 is 9.15 Å². The van der Waals surface area contributed by atoms with Crippen molar-refractivity contribution in [3.05, 3.63) is 69.3 Å². The number of halogens is 1. The molecule has 0 N–H and O–H groups in total. The van der Waals surface area contributed by atoms with Crippen LogP contribution in [-0.2, 0) is 0 Å². The van der Waals surface area contributed by atoms with Gasteiger partial charge in [0.15, 0.2) is 0 Å². The number of aryl methyl sites for hydroxylation is 2. The molecule has 7 heteroatoms. The lowest BCUT2D eigenvalue weighted by atomic mass is 10.1. The van der Waals surface area contributed by atoms with Gasteiger partial charge in [0.1, 0.15) is 17.0 Å². The van der Waals surface area contributed by atoms with E-state index >= 15 is 0 Å². The molecule has 0 saturated heterocycles. The molecule has 4 rings (SSSR count). The zero-order valence-corrected chi connectivity index (χ0v) is 15.7. The molecular weight excluding hydrogens is 366 g/mol. The zero-order valence-electron chi connectivity index (χ0n) is 15.0. The number of nitrogens with zero attached hydrogens (tertiary/aromatic N) is 3. The standard InChI is InChI=1S/C20H16ClN3O3/c1-11-12(2)23-24(22-11)18-7-5-13(9-17(18)21)16-8-14-4-6-15(26-3)10-19(14)27-20(16)25/h4-10H,1-3H3. The average molecular weight is 382 g/mol. The number of ether oxygens (including phenoxy) is 1. The molecule has 0 fully saturated rings. The molecule has 2 heterocycles. The first-order valence-electron chi connectivity index (χ1n) is 8.29. The fourth-order valence-corrected chi connectivity index (χ4v) is 3.07. The van der Waals surface area contributed by atoms with E-state index in [-0.39, 0.29) is 0 Å². The van der Waals surface area contributed by atoms with Crippen molar-refractivity contribution in [2.45, 2.75) is 13.8 Å². The topological polar surface area (TPSA) is 70.2 Å². The Morgan fingerprint density at radius 1 is 1.04 bits per heavy atom. The highest BCUT2D eigenvalue weighted by molar-refractivity contribution is 6.32. The third-order valence-corrected chi connectivity index (χ3v) is 4.73. The van der Waals surface area contributed by atoms with E-state index in [2.05, 4.69) is 10.2 Å². The van der Waals surface area contributed by atoms with Crippen LogP contribution < -0.4 is 10.4 Å². The molecule has 2 aromatic heterocycles. The van der Waals surface area contributed by atoms with E-state index in [1.807, 2.05) is 26.0 Å². The van der Waals surface area contributed by atoms with Gasteiger partial charge in [-0.05, 0) is 49.7 Å². The van der Waals surface area contributed by atoms with Crippen molar-refractivity contribution in [3.8, 4) is 22.6 Å². The van der Waals surface area contributed by atoms with Gasteiger partial charge in [0.25, 0.3) is 0 Å². The number of rotatable bonds is 3. The number of hydrogen-bond donors (Lipinski definition) is 0. The van der Waals surface area contributed by atoms with Crippen molar-refractivity contribution in [2.24, 2.45) is 0 Å². The number of aromatic nitrogens is 3. The van der Waals surface area contributed by atoms with Gasteiger partial charge >= 0.3 is 5.63 Å². The van der Waals surface area contributed by atoms with Gasteiger partial charge in [0, 0.05) is 11.5 Å². The minimum Gasteiger partial charge on any atom is -0.497 e. The molecular formula is C20H16ClN3O3. The first kappa shape index (κ1) is 17.3. The van der Waals surface area contributed by atoms with Crippen LogP contribution in [0.5, 0.6) is 5.75 Å². The van der Waals surface area contributed by atoms with E-state index in [4.69, 9.17) is 20.8 Å². The minimum atomic E-state index is -0.441. The monoisotopic (exact) mass is 381 g/mol. The molecule has 136 valence electrons. The number of fused-ring (bicyclic) bond motifs is 1. The highest BCUT2D eigenvalue weighted by atomic mass is 35.5. The van der Waals surface area contributed by atoms with Crippen molar-refractivity contribution in [3.63, 3.8) is 0 Å². The summed E-state index contributed by atoms with van der Waals surface area (Å²) >= 11 is 6.44. The molecule has 0 spiro atoms. The molecule has 2 aromatic carbocycles. The van der Waals surface area contributed by atoms with Gasteiger partial charge in [-0.15, -0.1) is 4.80 Å². The van der Waals surface area contributed by atoms with E-state index in [0.29, 0.717) is 33.2 Å². The van der Waals surface area contributed by atoms with Gasteiger partial charge in [0.05, 0.1) is 29.1 Å². The van der Waals surface area contributed by atoms with Gasteiger partial charge in [-0.25, -0.2) is 4.79 Å². The summed E-state index contributed by atoms with van der Waals surface area (Å²) in [4.78, 5) is 14.0. The molecule has 0 amide bonds. The van der Waals surface area contributed by atoms with Crippen molar-refractivity contribution in [1.29, 1.82) is 0 Å². The molecule has 6 nitrogen and oxygen atoms in total. The average Bonchev–Trinajstić information content (AvgIpc) is 2.99. The van der Waals surface area contributed by atoms with Crippen LogP contribution in [0.25, 0.3) is 27.8 Å². The van der Waals surface area contributed by atoms with Crippen molar-refractivity contribution in [2.75, 3.05) is 7.11 Å². The highest BCUT2D eigenvalue weighted by Crippen LogP contribution is 2.28. The smallest absolute Gasteiger partial charge is 0.344 e. The summed E-state index contributed by atoms with van der Waals surface area (Å²) in [6.45, 7) is 3.77. The molecule has 0 bridgehead atoms. The summed E-state index contributed by atoms with van der Waals surface area (Å²) in [5.41, 5.74) is 3.44. The third-order valence-electron chi connectivity index (χ3n) is 4.43. The Hall–Kier alpha value is -3.12. The SMILES string of the molecule is COc1ccc2cc(-c3ccc(-n4nc(C)c(C)n4)c(Cl)c3)c(=O)oc2c1. The van der Waals surface area contributed by atoms with Gasteiger partial charge in [-0.3, -0.25) is 0 Å². The number of hydrogen-bond acceptors (Lipinski definition) is 5. The molecule has 27 heavy (non-hydrogen) atoms. The van der Waals surface area contributed by atoms with Gasteiger partial charge in [0.2, 0.25) is 0 Å². The Balaban J connectivity index is 1.80. The van der Waals surface area contributed by atoms with Crippen molar-refractivity contribution in [1.82, 2.24) is 15.0 Å². The first-order chi connectivity index (χ1) is 13.0. The van der Waals surface area contributed by atoms with Gasteiger partial charge in [-0.2, -0.15) is 10.2 Å². The summed E-state index contributed by atoms with van der Waals surface area (Å²) in [6.07, 6.45) is 0. The first-order valence-corrected chi connectivity index (χ1v) is 8.67. The highest BCUT2D eigenvalue weighted by Gasteiger charge is 2.13. The maximum atomic E-state index is 12.5. The van der Waals surface area contributed by atoms with E-state index in [1.54, 1.807) is 37.4 Å². The summed E-state index contributed by atoms with van der Waals surface area (Å²) in [6, 6.07) is 12.4. The fraction of sp³-hybridized carbons (Fsp3) is 0.150. The molecule has 0 saturated carbocycles. The molecule has 0 aliphatic carbocycles. The minimum absolute atomic E-state index is 0.432. The summed E-state index contributed by atoms with van der Waals surface area (Å²) in [5.74, 6) is 0.628. The van der Waals surface area contributed by atoms with Crippen LogP contribution >= 0.6 is 11.6 Å². The molecule has 0 aliphatic heterocycles. The third kappa shape index (κ3) is 3.08. The predicted octanol–water partition coefficient (Wildman–Crippen LogP) is 4.32. The second-order valence-corrected chi connectivity index (χ2v) is 6.58. The lowest BCUT2D eigenvalue weighted by Gasteiger charge is -2.07. The second-order valence-electron chi connectivity index (χ2n) is 6.18. The normalized spacial score (nSPS) is 11.1. The quantitative estimate of drug-likeness (QED) is 0.494. The van der Waals surface area contributed by atoms with Crippen LogP contribution in [0.15, 0.2) is 51.7 Å². The second kappa shape index (κ2) is 6.55. The Labute approximate surface area is 160 Å². The van der Waals surface area contributed by atoms with E-state index in [9.17, 15) is 4.79 Å². The van der Waals surface area contributed by atoms with Crippen molar-refractivity contribution >= 4 is 22.6 Å². The van der Waals surface area contributed by atoms with Crippen LogP contribution in [0.1, 0.15) is 11.4 Å². The lowest BCUT2D eigenvalue weighted by molar-refractivity contribution is 0.414. The van der Waals surface area contributed by atoms with Crippen LogP contribution in [0.3, 0.4) is 0 Å². The molecule has 0 aliphatic rings. The van der Waals surface area contributed by atoms with Crippen LogP contribution in [0, 0.1) is 13.8 Å². The van der Waals surface area contributed by atoms with Gasteiger partial charge in [-0.1, -0.05) is 17.7 Å². The molecule has 0 atom stereocenters. The molecule has 4 aromatic rings. The van der Waals surface area contributed by atoms with E-state index in [1.165, 1.54) is 4.80 Å². The fourth-order valence-electron chi connectivity index (χ4n) is 2.82. The maximum absolute atomic E-state index is 12.5. The summed E-state index contributed by atoms with van der Waals surface area (Å²) in [5, 5.41) is 9.93. The Kier molecular flexibility index (Phi) is 4.20. The Morgan fingerprint density at radius 2 is 1.78 bits per heavy atom. The van der Waals surface area contributed by atoms with Crippen LogP contribution in [0.4, 0.5) is 0 Å². The number of methoxy groups -OCH3 is 1. The summed E-state index contributed by atoms with van der Waals surface area (Å²) in [7, 11) is 1.56. The Morgan fingerprint density at radius 3 is 2.44 bits per heavy atom. The van der Waals surface area contributed by atoms with Crippen LogP contribution in [-0.4, -0.2) is 22.1 Å². The largest absolute Gasteiger partial charge is 0.497 e. The lowest BCUT2D eigenvalue weighted by Crippen LogP contribution is -2.04. The zero-order chi connectivity index (χ0) is 19.1. The Bertz CT molecular complexity index is 1210. The van der Waals surface area contributed by atoms with E-state index < -0.39 is 5.63 Å². The maximum Gasteiger partial charge on any atom is 0.344 e. The predicted molar refractivity (Wildman–Crippen MR) is 104 cm³/mol. The molecule has 0 unspecified atom stereocenters.